The van der Waals surface area contributed by atoms with Crippen LogP contribution in [0.1, 0.15) is 43.3 Å². The molecule has 0 saturated carbocycles. The summed E-state index contributed by atoms with van der Waals surface area (Å²) in [6, 6.07) is 7.47. The summed E-state index contributed by atoms with van der Waals surface area (Å²) in [7, 11) is 0. The predicted octanol–water partition coefficient (Wildman–Crippen LogP) is 2.64. The SMILES string of the molecule is Cc1nc(C)n(C(C)CC(=O)N2CC=C(n3c(C)nc(=O)c4ccccc43)CC2)n1. The third-order valence-electron chi connectivity index (χ3n) is 5.58. The Morgan fingerprint density at radius 2 is 1.90 bits per heavy atom. The zero-order chi connectivity index (χ0) is 21.4. The Balaban J connectivity index is 1.52. The molecule has 156 valence electrons. The van der Waals surface area contributed by atoms with Crippen LogP contribution in [0.2, 0.25) is 0 Å². The smallest absolute Gasteiger partial charge is 0.280 e. The van der Waals surface area contributed by atoms with Gasteiger partial charge in [0.2, 0.25) is 5.91 Å². The molecule has 0 aliphatic carbocycles. The topological polar surface area (TPSA) is 85.9 Å². The number of aryl methyl sites for hydroxylation is 3. The zero-order valence-electron chi connectivity index (χ0n) is 17.8. The molecule has 1 aromatic carbocycles. The van der Waals surface area contributed by atoms with E-state index in [0.29, 0.717) is 37.1 Å². The van der Waals surface area contributed by atoms with Gasteiger partial charge in [-0.25, -0.2) is 9.67 Å². The highest BCUT2D eigenvalue weighted by atomic mass is 16.2. The summed E-state index contributed by atoms with van der Waals surface area (Å²) in [4.78, 5) is 35.4. The maximum absolute atomic E-state index is 12.8. The first kappa shape index (κ1) is 20.0. The molecule has 1 unspecified atom stereocenters. The number of carbonyl (C=O) groups excluding carboxylic acids is 1. The number of nitrogens with zero attached hydrogens (tertiary/aromatic N) is 6. The minimum absolute atomic E-state index is 0.0431. The molecular weight excluding hydrogens is 380 g/mol. The van der Waals surface area contributed by atoms with Crippen LogP contribution >= 0.6 is 0 Å². The van der Waals surface area contributed by atoms with Crippen molar-refractivity contribution in [2.75, 3.05) is 13.1 Å². The third-order valence-corrected chi connectivity index (χ3v) is 5.58. The minimum atomic E-state index is -0.208. The molecule has 4 rings (SSSR count). The van der Waals surface area contributed by atoms with Crippen molar-refractivity contribution in [2.45, 2.75) is 46.6 Å². The summed E-state index contributed by atoms with van der Waals surface area (Å²) in [5.74, 6) is 2.30. The van der Waals surface area contributed by atoms with E-state index in [-0.39, 0.29) is 17.5 Å². The molecule has 0 radical (unpaired) electrons. The molecule has 1 aliphatic rings. The molecule has 1 aliphatic heterocycles. The Bertz CT molecular complexity index is 1210. The van der Waals surface area contributed by atoms with Gasteiger partial charge in [0.15, 0.2) is 0 Å². The van der Waals surface area contributed by atoms with Gasteiger partial charge in [-0.05, 0) is 45.9 Å². The van der Waals surface area contributed by atoms with Crippen LogP contribution in [0.15, 0.2) is 35.1 Å². The van der Waals surface area contributed by atoms with Gasteiger partial charge in [-0.15, -0.1) is 0 Å². The maximum Gasteiger partial charge on any atom is 0.280 e. The molecular formula is C22H26N6O2. The Morgan fingerprint density at radius 3 is 2.57 bits per heavy atom. The lowest BCUT2D eigenvalue weighted by molar-refractivity contribution is -0.131. The van der Waals surface area contributed by atoms with Crippen LogP contribution in [0.4, 0.5) is 0 Å². The van der Waals surface area contributed by atoms with E-state index in [9.17, 15) is 9.59 Å². The number of para-hydroxylation sites is 1. The largest absolute Gasteiger partial charge is 0.338 e. The van der Waals surface area contributed by atoms with E-state index in [1.165, 1.54) is 0 Å². The summed E-state index contributed by atoms with van der Waals surface area (Å²) in [5.41, 5.74) is 1.71. The van der Waals surface area contributed by atoms with Crippen LogP contribution in [-0.4, -0.2) is 48.2 Å². The monoisotopic (exact) mass is 406 g/mol. The Morgan fingerprint density at radius 1 is 1.13 bits per heavy atom. The zero-order valence-corrected chi connectivity index (χ0v) is 17.8. The van der Waals surface area contributed by atoms with E-state index in [1.807, 2.05) is 60.0 Å². The van der Waals surface area contributed by atoms with E-state index < -0.39 is 0 Å². The van der Waals surface area contributed by atoms with Crippen LogP contribution < -0.4 is 5.56 Å². The maximum atomic E-state index is 12.8. The second kappa shape index (κ2) is 7.85. The molecule has 8 heteroatoms. The number of hydrogen-bond donors (Lipinski definition) is 0. The van der Waals surface area contributed by atoms with E-state index in [2.05, 4.69) is 21.1 Å². The van der Waals surface area contributed by atoms with Crippen LogP contribution in [0.5, 0.6) is 0 Å². The van der Waals surface area contributed by atoms with E-state index in [4.69, 9.17) is 0 Å². The predicted molar refractivity (Wildman–Crippen MR) is 115 cm³/mol. The molecule has 30 heavy (non-hydrogen) atoms. The number of benzene rings is 1. The van der Waals surface area contributed by atoms with Gasteiger partial charge in [0.25, 0.3) is 5.56 Å². The van der Waals surface area contributed by atoms with Crippen molar-refractivity contribution in [3.05, 3.63) is 58.2 Å². The van der Waals surface area contributed by atoms with Gasteiger partial charge in [-0.1, -0.05) is 12.1 Å². The summed E-state index contributed by atoms with van der Waals surface area (Å²) in [6.07, 6.45) is 3.15. The second-order valence-electron chi connectivity index (χ2n) is 7.81. The molecule has 1 amide bonds. The quantitative estimate of drug-likeness (QED) is 0.665. The number of aromatic nitrogens is 5. The normalized spacial score (nSPS) is 15.3. The van der Waals surface area contributed by atoms with Gasteiger partial charge in [-0.3, -0.25) is 9.59 Å². The van der Waals surface area contributed by atoms with Crippen LogP contribution in [-0.2, 0) is 4.79 Å². The van der Waals surface area contributed by atoms with E-state index in [1.54, 1.807) is 6.07 Å². The van der Waals surface area contributed by atoms with Gasteiger partial charge in [-0.2, -0.15) is 10.1 Å². The second-order valence-corrected chi connectivity index (χ2v) is 7.81. The van der Waals surface area contributed by atoms with Gasteiger partial charge < -0.3 is 9.47 Å². The Hall–Kier alpha value is -3.29. The molecule has 2 aromatic heterocycles. The molecule has 0 bridgehead atoms. The number of carbonyl (C=O) groups is 1. The summed E-state index contributed by atoms with van der Waals surface area (Å²) >= 11 is 0. The highest BCUT2D eigenvalue weighted by Crippen LogP contribution is 2.23. The van der Waals surface area contributed by atoms with Crippen molar-refractivity contribution in [1.29, 1.82) is 0 Å². The fraction of sp³-hybridized carbons (Fsp3) is 0.409. The fourth-order valence-electron chi connectivity index (χ4n) is 4.15. The summed E-state index contributed by atoms with van der Waals surface area (Å²) < 4.78 is 3.85. The van der Waals surface area contributed by atoms with Crippen LogP contribution in [0.25, 0.3) is 16.6 Å². The average molecular weight is 406 g/mol. The van der Waals surface area contributed by atoms with Crippen LogP contribution in [0, 0.1) is 20.8 Å². The first-order chi connectivity index (χ1) is 14.3. The van der Waals surface area contributed by atoms with Gasteiger partial charge in [0.05, 0.1) is 16.9 Å². The van der Waals surface area contributed by atoms with Gasteiger partial charge >= 0.3 is 0 Å². The number of fused-ring (bicyclic) bond motifs is 1. The first-order valence-electron chi connectivity index (χ1n) is 10.2. The Kier molecular flexibility index (Phi) is 5.24. The summed E-state index contributed by atoms with van der Waals surface area (Å²) in [5, 5.41) is 5.00. The molecule has 3 heterocycles. The molecule has 0 N–H and O–H groups in total. The standard InChI is InChI=1S/C22H26N6O2/c1-14(28-17(4)23-15(2)25-28)13-21(29)26-11-9-18(10-12-26)27-16(3)24-22(30)19-7-5-6-8-20(19)27/h5-9,14H,10-13H2,1-4H3. The van der Waals surface area contributed by atoms with Crippen molar-refractivity contribution in [2.24, 2.45) is 0 Å². The average Bonchev–Trinajstić information content (AvgIpc) is 3.06. The van der Waals surface area contributed by atoms with Crippen molar-refractivity contribution in [3.63, 3.8) is 0 Å². The number of amides is 1. The highest BCUT2D eigenvalue weighted by molar-refractivity contribution is 5.82. The first-order valence-corrected chi connectivity index (χ1v) is 10.2. The lowest BCUT2D eigenvalue weighted by atomic mass is 10.1. The van der Waals surface area contributed by atoms with Crippen LogP contribution in [0.3, 0.4) is 0 Å². The minimum Gasteiger partial charge on any atom is -0.338 e. The molecule has 1 atom stereocenters. The summed E-state index contributed by atoms with van der Waals surface area (Å²) in [6.45, 7) is 8.76. The molecule has 0 fully saturated rings. The highest BCUT2D eigenvalue weighted by Gasteiger charge is 2.23. The third kappa shape index (κ3) is 3.65. The van der Waals surface area contributed by atoms with Crippen molar-refractivity contribution in [3.8, 4) is 0 Å². The van der Waals surface area contributed by atoms with Crippen molar-refractivity contribution >= 4 is 22.5 Å². The Labute approximate surface area is 174 Å². The van der Waals surface area contributed by atoms with Gasteiger partial charge in [0.1, 0.15) is 17.5 Å². The fourth-order valence-corrected chi connectivity index (χ4v) is 4.15. The lowest BCUT2D eigenvalue weighted by Crippen LogP contribution is -2.36. The number of rotatable bonds is 4. The van der Waals surface area contributed by atoms with Crippen molar-refractivity contribution < 1.29 is 4.79 Å². The molecule has 0 spiro atoms. The molecule has 8 nitrogen and oxygen atoms in total. The molecule has 3 aromatic rings. The van der Waals surface area contributed by atoms with E-state index >= 15 is 0 Å². The van der Waals surface area contributed by atoms with Gasteiger partial charge in [0, 0.05) is 31.6 Å². The van der Waals surface area contributed by atoms with Crippen molar-refractivity contribution in [1.82, 2.24) is 29.2 Å². The van der Waals surface area contributed by atoms with E-state index in [0.717, 1.165) is 22.9 Å². The lowest BCUT2D eigenvalue weighted by Gasteiger charge is -2.29. The number of hydrogen-bond acceptors (Lipinski definition) is 5. The molecule has 0 saturated heterocycles.